The molecule has 3 heteroatoms. The van der Waals surface area contributed by atoms with Crippen LogP contribution in [0.1, 0.15) is 59.3 Å². The van der Waals surface area contributed by atoms with E-state index in [1.54, 1.807) is 6.92 Å². The maximum atomic E-state index is 12.0. The van der Waals surface area contributed by atoms with Crippen LogP contribution in [-0.2, 0) is 4.79 Å². The van der Waals surface area contributed by atoms with Gasteiger partial charge in [-0.15, -0.1) is 0 Å². The minimum absolute atomic E-state index is 0.0801. The van der Waals surface area contributed by atoms with E-state index >= 15 is 0 Å². The molecule has 18 heavy (non-hydrogen) atoms. The predicted octanol–water partition coefficient (Wildman–Crippen LogP) is 2.57. The van der Waals surface area contributed by atoms with Crippen LogP contribution in [0.15, 0.2) is 0 Å². The number of nitrogens with zero attached hydrogens (tertiary/aromatic N) is 1. The van der Waals surface area contributed by atoms with Gasteiger partial charge in [-0.25, -0.2) is 0 Å². The summed E-state index contributed by atoms with van der Waals surface area (Å²) in [5, 5.41) is 10.3. The molecule has 2 aliphatic rings. The molecule has 1 amide bonds. The van der Waals surface area contributed by atoms with Crippen molar-refractivity contribution in [3.63, 3.8) is 0 Å². The molecule has 1 N–H and O–H groups in total. The summed E-state index contributed by atoms with van der Waals surface area (Å²) in [4.78, 5) is 14.0. The fraction of sp³-hybridized carbons (Fsp3) is 0.933. The summed E-state index contributed by atoms with van der Waals surface area (Å²) < 4.78 is 0. The van der Waals surface area contributed by atoms with Gasteiger partial charge in [0.25, 0.3) is 0 Å². The number of aliphatic hydroxyl groups is 1. The SMILES string of the molecule is CCC[C@@H]1CC[C@@H]2[C@@H]([C@H](O)CC[C@H]2C)N1C(C)=O. The van der Waals surface area contributed by atoms with Gasteiger partial charge in [0.1, 0.15) is 0 Å². The molecule has 104 valence electrons. The number of rotatable bonds is 2. The number of hydrogen-bond donors (Lipinski definition) is 1. The first-order valence-electron chi connectivity index (χ1n) is 7.53. The molecule has 1 saturated carbocycles. The molecule has 0 bridgehead atoms. The Kier molecular flexibility index (Phi) is 4.31. The summed E-state index contributed by atoms with van der Waals surface area (Å²) >= 11 is 0. The topological polar surface area (TPSA) is 40.5 Å². The van der Waals surface area contributed by atoms with Crippen molar-refractivity contribution < 1.29 is 9.90 Å². The van der Waals surface area contributed by atoms with Crippen LogP contribution < -0.4 is 0 Å². The first kappa shape index (κ1) is 13.9. The quantitative estimate of drug-likeness (QED) is 0.821. The summed E-state index contributed by atoms with van der Waals surface area (Å²) in [6, 6.07) is 0.435. The van der Waals surface area contributed by atoms with E-state index in [2.05, 4.69) is 13.8 Å². The van der Waals surface area contributed by atoms with Crippen LogP contribution in [0, 0.1) is 11.8 Å². The Morgan fingerprint density at radius 3 is 2.61 bits per heavy atom. The number of likely N-dealkylation sites (tertiary alicyclic amines) is 1. The first-order valence-corrected chi connectivity index (χ1v) is 7.53. The predicted molar refractivity (Wildman–Crippen MR) is 72.1 cm³/mol. The van der Waals surface area contributed by atoms with Gasteiger partial charge in [-0.2, -0.15) is 0 Å². The molecule has 0 aromatic heterocycles. The monoisotopic (exact) mass is 253 g/mol. The fourth-order valence-corrected chi connectivity index (χ4v) is 4.14. The van der Waals surface area contributed by atoms with Crippen LogP contribution in [0.3, 0.4) is 0 Å². The zero-order valence-electron chi connectivity index (χ0n) is 11.9. The van der Waals surface area contributed by atoms with Crippen molar-refractivity contribution in [2.75, 3.05) is 0 Å². The molecule has 0 spiro atoms. The molecule has 1 aliphatic heterocycles. The van der Waals surface area contributed by atoms with Gasteiger partial charge in [0, 0.05) is 13.0 Å². The number of hydrogen-bond acceptors (Lipinski definition) is 2. The second kappa shape index (κ2) is 5.60. The average molecular weight is 253 g/mol. The Morgan fingerprint density at radius 2 is 2.00 bits per heavy atom. The maximum Gasteiger partial charge on any atom is 0.220 e. The minimum Gasteiger partial charge on any atom is -0.391 e. The molecule has 2 fully saturated rings. The number of carbonyl (C=O) groups is 1. The fourth-order valence-electron chi connectivity index (χ4n) is 4.14. The van der Waals surface area contributed by atoms with Gasteiger partial charge >= 0.3 is 0 Å². The van der Waals surface area contributed by atoms with Crippen molar-refractivity contribution in [2.24, 2.45) is 11.8 Å². The summed E-state index contributed by atoms with van der Waals surface area (Å²) in [5.74, 6) is 1.30. The third kappa shape index (κ3) is 2.42. The Morgan fingerprint density at radius 1 is 1.28 bits per heavy atom. The molecule has 5 atom stereocenters. The van der Waals surface area contributed by atoms with Gasteiger partial charge in [-0.05, 0) is 43.9 Å². The third-order valence-electron chi connectivity index (χ3n) is 5.01. The van der Waals surface area contributed by atoms with E-state index in [0.29, 0.717) is 17.9 Å². The molecular weight excluding hydrogens is 226 g/mol. The molecule has 1 saturated heterocycles. The van der Waals surface area contributed by atoms with E-state index in [4.69, 9.17) is 0 Å². The van der Waals surface area contributed by atoms with Gasteiger partial charge in [0.05, 0.1) is 12.1 Å². The van der Waals surface area contributed by atoms with Crippen LogP contribution >= 0.6 is 0 Å². The van der Waals surface area contributed by atoms with Crippen LogP contribution in [0.25, 0.3) is 0 Å². The van der Waals surface area contributed by atoms with E-state index < -0.39 is 0 Å². The van der Waals surface area contributed by atoms with Crippen molar-refractivity contribution in [3.8, 4) is 0 Å². The van der Waals surface area contributed by atoms with Crippen molar-refractivity contribution in [3.05, 3.63) is 0 Å². The lowest BCUT2D eigenvalue weighted by molar-refractivity contribution is -0.149. The normalized spacial score (nSPS) is 40.4. The number of amides is 1. The van der Waals surface area contributed by atoms with E-state index in [0.717, 1.165) is 32.1 Å². The van der Waals surface area contributed by atoms with Gasteiger partial charge in [0.2, 0.25) is 5.91 Å². The first-order chi connectivity index (χ1) is 8.56. The second-order valence-electron chi connectivity index (χ2n) is 6.22. The standard InChI is InChI=1S/C15H27NO2/c1-4-5-12-7-8-13-10(2)6-9-14(18)15(13)16(12)11(3)17/h10,12-15,18H,4-9H2,1-3H3/t10-,12-,13+,14-,15+/m1/s1. The molecule has 0 aromatic rings. The zero-order chi connectivity index (χ0) is 13.3. The third-order valence-corrected chi connectivity index (χ3v) is 5.01. The Balaban J connectivity index is 2.22. The van der Waals surface area contributed by atoms with Gasteiger partial charge in [-0.1, -0.05) is 20.3 Å². The lowest BCUT2D eigenvalue weighted by Crippen LogP contribution is -2.60. The molecule has 0 aromatic carbocycles. The van der Waals surface area contributed by atoms with E-state index in [9.17, 15) is 9.90 Å². The Labute approximate surface area is 111 Å². The number of carbonyl (C=O) groups excluding carboxylic acids is 1. The summed E-state index contributed by atoms with van der Waals surface area (Å²) in [6.45, 7) is 6.11. The van der Waals surface area contributed by atoms with Crippen LogP contribution in [0.4, 0.5) is 0 Å². The highest BCUT2D eigenvalue weighted by molar-refractivity contribution is 5.74. The van der Waals surface area contributed by atoms with E-state index in [1.807, 2.05) is 4.90 Å². The lowest BCUT2D eigenvalue weighted by Gasteiger charge is -2.52. The highest BCUT2D eigenvalue weighted by Crippen LogP contribution is 2.42. The van der Waals surface area contributed by atoms with Crippen LogP contribution in [0.5, 0.6) is 0 Å². The van der Waals surface area contributed by atoms with Crippen molar-refractivity contribution >= 4 is 5.91 Å². The molecule has 3 nitrogen and oxygen atoms in total. The van der Waals surface area contributed by atoms with Gasteiger partial charge in [0.15, 0.2) is 0 Å². The summed E-state index contributed by atoms with van der Waals surface area (Å²) in [7, 11) is 0. The Bertz CT molecular complexity index is 305. The molecule has 1 aliphatic carbocycles. The maximum absolute atomic E-state index is 12.0. The van der Waals surface area contributed by atoms with E-state index in [-0.39, 0.29) is 18.1 Å². The van der Waals surface area contributed by atoms with Gasteiger partial charge < -0.3 is 10.0 Å². The van der Waals surface area contributed by atoms with E-state index in [1.165, 1.54) is 6.42 Å². The number of fused-ring (bicyclic) bond motifs is 1. The van der Waals surface area contributed by atoms with Crippen molar-refractivity contribution in [1.82, 2.24) is 4.90 Å². The highest BCUT2D eigenvalue weighted by Gasteiger charge is 2.46. The summed E-state index contributed by atoms with van der Waals surface area (Å²) in [6.07, 6.45) is 6.12. The lowest BCUT2D eigenvalue weighted by atomic mass is 9.69. The highest BCUT2D eigenvalue weighted by atomic mass is 16.3. The molecule has 2 rings (SSSR count). The molecule has 0 unspecified atom stereocenters. The zero-order valence-corrected chi connectivity index (χ0v) is 11.9. The van der Waals surface area contributed by atoms with Crippen molar-refractivity contribution in [1.29, 1.82) is 0 Å². The van der Waals surface area contributed by atoms with Crippen molar-refractivity contribution in [2.45, 2.75) is 77.5 Å². The average Bonchev–Trinajstić information content (AvgIpc) is 2.33. The van der Waals surface area contributed by atoms with Crippen LogP contribution in [-0.4, -0.2) is 34.1 Å². The van der Waals surface area contributed by atoms with Crippen LogP contribution in [0.2, 0.25) is 0 Å². The molecular formula is C15H27NO2. The second-order valence-corrected chi connectivity index (χ2v) is 6.22. The van der Waals surface area contributed by atoms with Gasteiger partial charge in [-0.3, -0.25) is 4.79 Å². The minimum atomic E-state index is -0.310. The number of aliphatic hydroxyl groups excluding tert-OH is 1. The molecule has 1 heterocycles. The Hall–Kier alpha value is -0.570. The largest absolute Gasteiger partial charge is 0.391 e. The smallest absolute Gasteiger partial charge is 0.220 e. The number of piperidine rings is 1. The summed E-state index contributed by atoms with van der Waals surface area (Å²) in [5.41, 5.74) is 0. The molecule has 0 radical (unpaired) electrons.